The van der Waals surface area contributed by atoms with Crippen molar-refractivity contribution in [2.45, 2.75) is 55.7 Å². The predicted molar refractivity (Wildman–Crippen MR) is 164 cm³/mol. The molecule has 4 N–H and O–H groups in total. The summed E-state index contributed by atoms with van der Waals surface area (Å²) >= 11 is 0. The van der Waals surface area contributed by atoms with E-state index in [0.717, 1.165) is 23.6 Å². The number of carbonyl (C=O) groups is 2. The van der Waals surface area contributed by atoms with Crippen molar-refractivity contribution in [3.05, 3.63) is 54.2 Å². The number of hydrogen-bond acceptors (Lipinski definition) is 10. The SMILES string of the molecule is Cc1nc(CCN(C(=O)C(CC(=O)NC[C@H]2CN(C=NN)CCO2)NS(=O)(=O)c2ccc3ccccc3c2)C2CC2)no1.Cl. The van der Waals surface area contributed by atoms with Crippen LogP contribution < -0.4 is 15.9 Å². The van der Waals surface area contributed by atoms with Gasteiger partial charge < -0.3 is 30.2 Å². The summed E-state index contributed by atoms with van der Waals surface area (Å²) in [4.78, 5) is 34.8. The first-order chi connectivity index (χ1) is 20.7. The van der Waals surface area contributed by atoms with Crippen LogP contribution in [-0.2, 0) is 30.8 Å². The van der Waals surface area contributed by atoms with E-state index in [-0.39, 0.29) is 42.5 Å². The molecule has 1 aliphatic carbocycles. The van der Waals surface area contributed by atoms with Crippen LogP contribution in [0, 0.1) is 6.92 Å². The first kappa shape index (κ1) is 33.1. The highest BCUT2D eigenvalue weighted by molar-refractivity contribution is 7.89. The molecule has 2 atom stereocenters. The Kier molecular flexibility index (Phi) is 11.1. The molecule has 0 spiro atoms. The highest BCUT2D eigenvalue weighted by atomic mass is 35.5. The normalized spacial score (nSPS) is 17.8. The number of nitrogens with one attached hydrogen (secondary N) is 2. The van der Waals surface area contributed by atoms with Gasteiger partial charge in [0.25, 0.3) is 0 Å². The zero-order valence-corrected chi connectivity index (χ0v) is 25.9. The Bertz CT molecular complexity index is 1580. The predicted octanol–water partition coefficient (Wildman–Crippen LogP) is 0.943. The average molecular weight is 649 g/mol. The van der Waals surface area contributed by atoms with Gasteiger partial charge in [0, 0.05) is 45.6 Å². The second-order valence-electron chi connectivity index (χ2n) is 10.7. The van der Waals surface area contributed by atoms with Crippen LogP contribution in [0.25, 0.3) is 10.8 Å². The second kappa shape index (κ2) is 14.8. The molecule has 16 heteroatoms. The van der Waals surface area contributed by atoms with Crippen LogP contribution in [0.3, 0.4) is 0 Å². The molecule has 14 nitrogen and oxygen atoms in total. The molecule has 1 unspecified atom stereocenters. The minimum Gasteiger partial charge on any atom is -0.373 e. The smallest absolute Gasteiger partial charge is 0.241 e. The molecule has 1 saturated carbocycles. The van der Waals surface area contributed by atoms with Gasteiger partial charge >= 0.3 is 0 Å². The van der Waals surface area contributed by atoms with Crippen molar-refractivity contribution < 1.29 is 27.3 Å². The number of hydrazone groups is 1. The van der Waals surface area contributed by atoms with E-state index in [9.17, 15) is 18.0 Å². The highest BCUT2D eigenvalue weighted by Gasteiger charge is 2.38. The van der Waals surface area contributed by atoms with Gasteiger partial charge in [-0.1, -0.05) is 35.5 Å². The first-order valence-corrected chi connectivity index (χ1v) is 15.7. The number of morpholine rings is 1. The van der Waals surface area contributed by atoms with Crippen molar-refractivity contribution in [2.24, 2.45) is 10.9 Å². The number of rotatable bonds is 13. The third kappa shape index (κ3) is 8.65. The lowest BCUT2D eigenvalue weighted by Crippen LogP contribution is -2.52. The molecule has 1 saturated heterocycles. The fourth-order valence-corrected chi connectivity index (χ4v) is 6.27. The molecule has 1 aromatic heterocycles. The van der Waals surface area contributed by atoms with Gasteiger partial charge in [0.2, 0.25) is 27.7 Å². The van der Waals surface area contributed by atoms with Gasteiger partial charge in [0.1, 0.15) is 12.4 Å². The number of hydrogen-bond donors (Lipinski definition) is 3. The average Bonchev–Trinajstić information content (AvgIpc) is 3.75. The standard InChI is InChI=1S/C28H36N8O6S.ClH/c1-19-32-26(33-42-19)10-11-36(22-7-8-22)28(38)25(15-27(37)30-16-23-17-35(18-31-29)12-13-41-23)34-43(39,40)24-9-6-20-4-2-3-5-21(20)14-24;/h2-6,9,14,18,22-23,25,34H,7-8,10-13,15-17,29H2,1H3,(H,30,37);1H/t23-,25?;/m0./s1. The number of fused-ring (bicyclic) bond motifs is 1. The molecule has 1 aliphatic heterocycles. The Balaban J connectivity index is 0.00000442. The molecule has 2 heterocycles. The molecule has 2 amide bonds. The molecule has 238 valence electrons. The van der Waals surface area contributed by atoms with E-state index in [2.05, 4.69) is 25.3 Å². The minimum atomic E-state index is -4.17. The van der Waals surface area contributed by atoms with Crippen LogP contribution in [0.2, 0.25) is 0 Å². The maximum atomic E-state index is 13.9. The number of sulfonamides is 1. The molecule has 2 fully saturated rings. The lowest BCUT2D eigenvalue weighted by molar-refractivity contribution is -0.136. The van der Waals surface area contributed by atoms with E-state index in [1.165, 1.54) is 12.4 Å². The monoisotopic (exact) mass is 648 g/mol. The number of nitrogens with two attached hydrogens (primary N) is 1. The topological polar surface area (TPSA) is 185 Å². The van der Waals surface area contributed by atoms with Crippen molar-refractivity contribution in [3.8, 4) is 0 Å². The van der Waals surface area contributed by atoms with Gasteiger partial charge in [-0.3, -0.25) is 9.59 Å². The van der Waals surface area contributed by atoms with E-state index in [4.69, 9.17) is 15.1 Å². The summed E-state index contributed by atoms with van der Waals surface area (Å²) in [6.45, 7) is 3.65. The summed E-state index contributed by atoms with van der Waals surface area (Å²) in [7, 11) is -4.17. The molecular formula is C28H37ClN8O6S. The molecule has 0 bridgehead atoms. The Morgan fingerprint density at radius 1 is 1.23 bits per heavy atom. The van der Waals surface area contributed by atoms with Gasteiger partial charge in [-0.15, -0.1) is 12.4 Å². The van der Waals surface area contributed by atoms with E-state index in [1.807, 2.05) is 29.2 Å². The quantitative estimate of drug-likeness (QED) is 0.104. The van der Waals surface area contributed by atoms with Crippen molar-refractivity contribution in [3.63, 3.8) is 0 Å². The van der Waals surface area contributed by atoms with Crippen LogP contribution in [0.4, 0.5) is 0 Å². The van der Waals surface area contributed by atoms with E-state index in [1.54, 1.807) is 24.0 Å². The highest BCUT2D eigenvalue weighted by Crippen LogP contribution is 2.28. The number of halogens is 1. The lowest BCUT2D eigenvalue weighted by atomic mass is 10.1. The third-order valence-electron chi connectivity index (χ3n) is 7.36. The number of amides is 2. The fourth-order valence-electron chi connectivity index (χ4n) is 5.04. The van der Waals surface area contributed by atoms with E-state index >= 15 is 0 Å². The van der Waals surface area contributed by atoms with E-state index < -0.39 is 34.3 Å². The number of aromatic nitrogens is 2. The molecule has 5 rings (SSSR count). The zero-order valence-electron chi connectivity index (χ0n) is 24.3. The summed E-state index contributed by atoms with van der Waals surface area (Å²) in [5.41, 5.74) is 0. The molecule has 2 aromatic carbocycles. The molecule has 3 aromatic rings. The zero-order chi connectivity index (χ0) is 30.4. The van der Waals surface area contributed by atoms with Crippen molar-refractivity contribution >= 4 is 51.4 Å². The molecule has 2 aliphatic rings. The van der Waals surface area contributed by atoms with Crippen LogP contribution >= 0.6 is 12.4 Å². The fraction of sp³-hybridized carbons (Fsp3) is 0.464. The largest absolute Gasteiger partial charge is 0.373 e. The van der Waals surface area contributed by atoms with Gasteiger partial charge in [0.05, 0.1) is 24.0 Å². The van der Waals surface area contributed by atoms with Crippen LogP contribution in [0.5, 0.6) is 0 Å². The Labute approximate surface area is 261 Å². The lowest BCUT2D eigenvalue weighted by Gasteiger charge is -2.31. The third-order valence-corrected chi connectivity index (χ3v) is 8.83. The van der Waals surface area contributed by atoms with Crippen molar-refractivity contribution in [1.82, 2.24) is 30.0 Å². The maximum absolute atomic E-state index is 13.9. The Morgan fingerprint density at radius 3 is 2.70 bits per heavy atom. The van der Waals surface area contributed by atoms with Gasteiger partial charge in [-0.25, -0.2) is 8.42 Å². The number of aryl methyl sites for hydroxylation is 1. The second-order valence-corrected chi connectivity index (χ2v) is 12.4. The molecule has 0 radical (unpaired) electrons. The number of ether oxygens (including phenoxy) is 1. The Hall–Kier alpha value is -3.79. The Morgan fingerprint density at radius 2 is 2.00 bits per heavy atom. The van der Waals surface area contributed by atoms with Gasteiger partial charge in [-0.05, 0) is 35.7 Å². The molecular weight excluding hydrogens is 612 g/mol. The summed E-state index contributed by atoms with van der Waals surface area (Å²) in [6, 6.07) is 10.7. The number of benzene rings is 2. The van der Waals surface area contributed by atoms with Gasteiger partial charge in [-0.2, -0.15) is 14.8 Å². The minimum absolute atomic E-state index is 0. The van der Waals surface area contributed by atoms with Crippen LogP contribution in [0.1, 0.15) is 31.0 Å². The summed E-state index contributed by atoms with van der Waals surface area (Å²) in [6.07, 6.45) is 2.70. The van der Waals surface area contributed by atoms with E-state index in [0.29, 0.717) is 37.8 Å². The van der Waals surface area contributed by atoms with Gasteiger partial charge in [0.15, 0.2) is 5.82 Å². The summed E-state index contributed by atoms with van der Waals surface area (Å²) in [5.74, 6) is 5.14. The van der Waals surface area contributed by atoms with Crippen LogP contribution in [0.15, 0.2) is 57.0 Å². The van der Waals surface area contributed by atoms with Crippen molar-refractivity contribution in [2.75, 3.05) is 32.8 Å². The molecule has 44 heavy (non-hydrogen) atoms. The maximum Gasteiger partial charge on any atom is 0.241 e. The van der Waals surface area contributed by atoms with Crippen LogP contribution in [-0.4, -0.2) is 97.5 Å². The summed E-state index contributed by atoms with van der Waals surface area (Å²) in [5, 5.41) is 11.8. The number of carbonyl (C=O) groups excluding carboxylic acids is 2. The number of nitrogens with zero attached hydrogens (tertiary/aromatic N) is 5. The van der Waals surface area contributed by atoms with Crippen molar-refractivity contribution in [1.29, 1.82) is 0 Å². The summed E-state index contributed by atoms with van der Waals surface area (Å²) < 4.78 is 40.4. The first-order valence-electron chi connectivity index (χ1n) is 14.2.